The number of halogens is 1. The van der Waals surface area contributed by atoms with Crippen LogP contribution in [-0.4, -0.2) is 22.0 Å². The number of pyridine rings is 1. The molecule has 5 nitrogen and oxygen atoms in total. The second-order valence-electron chi connectivity index (χ2n) is 7.40. The lowest BCUT2D eigenvalue weighted by molar-refractivity contribution is -0.137. The SMILES string of the molecule is O=C(O)CCCC=C(c1cccnc1)c1cccc(NC(=O)CCc2ccc(Cl)cc2)c1. The normalized spacial score (nSPS) is 11.2. The van der Waals surface area contributed by atoms with Crippen molar-refractivity contribution in [1.82, 2.24) is 4.98 Å². The Balaban J connectivity index is 1.70. The lowest BCUT2D eigenvalue weighted by Gasteiger charge is -2.11. The summed E-state index contributed by atoms with van der Waals surface area (Å²) in [6.07, 6.45) is 7.83. The molecule has 1 aromatic heterocycles. The molecule has 0 spiro atoms. The van der Waals surface area contributed by atoms with Gasteiger partial charge in [0.15, 0.2) is 0 Å². The number of allylic oxidation sites excluding steroid dienone is 1. The minimum Gasteiger partial charge on any atom is -0.481 e. The number of carboxylic acids is 1. The molecule has 0 aliphatic rings. The molecule has 6 heteroatoms. The molecule has 0 aliphatic heterocycles. The van der Waals surface area contributed by atoms with E-state index in [1.807, 2.05) is 66.7 Å². The molecular formula is C26H25ClN2O3. The topological polar surface area (TPSA) is 79.3 Å². The molecule has 2 N–H and O–H groups in total. The summed E-state index contributed by atoms with van der Waals surface area (Å²) in [6, 6.07) is 19.0. The third-order valence-corrected chi connectivity index (χ3v) is 5.18. The zero-order valence-electron chi connectivity index (χ0n) is 17.6. The van der Waals surface area contributed by atoms with Crippen LogP contribution < -0.4 is 5.32 Å². The third kappa shape index (κ3) is 7.36. The van der Waals surface area contributed by atoms with Crippen LogP contribution in [0.3, 0.4) is 0 Å². The summed E-state index contributed by atoms with van der Waals surface area (Å²) in [6.45, 7) is 0. The van der Waals surface area contributed by atoms with E-state index in [2.05, 4.69) is 10.3 Å². The number of carbonyl (C=O) groups excluding carboxylic acids is 1. The number of aromatic nitrogens is 1. The Morgan fingerprint density at radius 3 is 2.50 bits per heavy atom. The number of amides is 1. The van der Waals surface area contributed by atoms with E-state index in [0.29, 0.717) is 36.4 Å². The van der Waals surface area contributed by atoms with Crippen LogP contribution in [0.25, 0.3) is 5.57 Å². The summed E-state index contributed by atoms with van der Waals surface area (Å²) >= 11 is 5.91. The zero-order chi connectivity index (χ0) is 22.8. The van der Waals surface area contributed by atoms with Crippen LogP contribution in [-0.2, 0) is 16.0 Å². The van der Waals surface area contributed by atoms with Crippen molar-refractivity contribution < 1.29 is 14.7 Å². The second kappa shape index (κ2) is 11.8. The number of carbonyl (C=O) groups is 2. The second-order valence-corrected chi connectivity index (χ2v) is 7.84. The lowest BCUT2D eigenvalue weighted by Crippen LogP contribution is -2.12. The number of aliphatic carboxylic acids is 1. The monoisotopic (exact) mass is 448 g/mol. The van der Waals surface area contributed by atoms with Gasteiger partial charge in [0.2, 0.25) is 5.91 Å². The minimum atomic E-state index is -0.801. The quantitative estimate of drug-likeness (QED) is 0.373. The Morgan fingerprint density at radius 2 is 1.78 bits per heavy atom. The van der Waals surface area contributed by atoms with Crippen molar-refractivity contribution in [1.29, 1.82) is 0 Å². The van der Waals surface area contributed by atoms with E-state index in [1.54, 1.807) is 12.4 Å². The van der Waals surface area contributed by atoms with Gasteiger partial charge in [-0.1, -0.05) is 48.0 Å². The molecule has 0 fully saturated rings. The predicted molar refractivity (Wildman–Crippen MR) is 128 cm³/mol. The van der Waals surface area contributed by atoms with Gasteiger partial charge in [-0.15, -0.1) is 0 Å². The van der Waals surface area contributed by atoms with Gasteiger partial charge in [-0.3, -0.25) is 14.6 Å². The van der Waals surface area contributed by atoms with E-state index in [9.17, 15) is 9.59 Å². The maximum absolute atomic E-state index is 12.5. The summed E-state index contributed by atoms with van der Waals surface area (Å²) < 4.78 is 0. The molecule has 3 rings (SSSR count). The van der Waals surface area contributed by atoms with E-state index in [1.165, 1.54) is 0 Å². The van der Waals surface area contributed by atoms with Crippen LogP contribution in [0.4, 0.5) is 5.69 Å². The van der Waals surface area contributed by atoms with Crippen molar-refractivity contribution in [3.63, 3.8) is 0 Å². The Morgan fingerprint density at radius 1 is 1.00 bits per heavy atom. The van der Waals surface area contributed by atoms with Gasteiger partial charge in [0.05, 0.1) is 0 Å². The first-order valence-corrected chi connectivity index (χ1v) is 10.9. The highest BCUT2D eigenvalue weighted by atomic mass is 35.5. The van der Waals surface area contributed by atoms with Crippen molar-refractivity contribution in [2.45, 2.75) is 32.1 Å². The minimum absolute atomic E-state index is 0.0644. The van der Waals surface area contributed by atoms with Crippen LogP contribution in [0.5, 0.6) is 0 Å². The summed E-state index contributed by atoms with van der Waals surface area (Å²) in [5.74, 6) is -0.866. The Labute approximate surface area is 192 Å². The number of hydrogen-bond donors (Lipinski definition) is 2. The van der Waals surface area contributed by atoms with Gasteiger partial charge in [-0.25, -0.2) is 0 Å². The fourth-order valence-electron chi connectivity index (χ4n) is 3.32. The van der Waals surface area contributed by atoms with Crippen LogP contribution in [0.15, 0.2) is 79.1 Å². The van der Waals surface area contributed by atoms with Crippen molar-refractivity contribution in [2.24, 2.45) is 0 Å². The number of hydrogen-bond acceptors (Lipinski definition) is 3. The molecule has 32 heavy (non-hydrogen) atoms. The number of nitrogens with zero attached hydrogens (tertiary/aromatic N) is 1. The largest absolute Gasteiger partial charge is 0.481 e. The molecule has 0 saturated heterocycles. The number of benzene rings is 2. The van der Waals surface area contributed by atoms with Gasteiger partial charge in [0.1, 0.15) is 0 Å². The summed E-state index contributed by atoms with van der Waals surface area (Å²) in [7, 11) is 0. The number of aryl methyl sites for hydroxylation is 1. The first-order chi connectivity index (χ1) is 15.5. The zero-order valence-corrected chi connectivity index (χ0v) is 18.4. The molecule has 164 valence electrons. The van der Waals surface area contributed by atoms with Gasteiger partial charge in [0, 0.05) is 41.5 Å². The van der Waals surface area contributed by atoms with Crippen LogP contribution in [0.1, 0.15) is 42.4 Å². The molecule has 1 amide bonds. The first-order valence-electron chi connectivity index (χ1n) is 10.5. The van der Waals surface area contributed by atoms with Crippen molar-refractivity contribution in [3.8, 4) is 0 Å². The Bertz CT molecular complexity index is 1080. The van der Waals surface area contributed by atoms with Gasteiger partial charge in [-0.05, 0) is 66.3 Å². The first kappa shape index (κ1) is 23.2. The molecule has 0 atom stereocenters. The molecule has 2 aromatic carbocycles. The number of unbranched alkanes of at least 4 members (excludes halogenated alkanes) is 1. The Kier molecular flexibility index (Phi) is 8.58. The highest BCUT2D eigenvalue weighted by molar-refractivity contribution is 6.30. The Hall–Kier alpha value is -3.44. The molecular weight excluding hydrogens is 424 g/mol. The molecule has 1 heterocycles. The predicted octanol–water partition coefficient (Wildman–Crippen LogP) is 5.99. The number of nitrogens with one attached hydrogen (secondary N) is 1. The van der Waals surface area contributed by atoms with E-state index < -0.39 is 5.97 Å². The van der Waals surface area contributed by atoms with Gasteiger partial charge in [-0.2, -0.15) is 0 Å². The van der Waals surface area contributed by atoms with Crippen molar-refractivity contribution in [3.05, 3.63) is 101 Å². The lowest BCUT2D eigenvalue weighted by atomic mass is 9.97. The summed E-state index contributed by atoms with van der Waals surface area (Å²) in [5.41, 5.74) is 4.60. The molecule has 0 saturated carbocycles. The van der Waals surface area contributed by atoms with Gasteiger partial charge < -0.3 is 10.4 Å². The highest BCUT2D eigenvalue weighted by Crippen LogP contribution is 2.26. The molecule has 0 unspecified atom stereocenters. The molecule has 0 bridgehead atoms. The smallest absolute Gasteiger partial charge is 0.303 e. The van der Waals surface area contributed by atoms with E-state index >= 15 is 0 Å². The number of anilines is 1. The standard InChI is InChI=1S/C26H25ClN2O3/c27-22-13-10-19(11-14-22)12-15-25(30)29-23-7-3-5-20(17-23)24(8-1-2-9-26(31)32)21-6-4-16-28-18-21/h3-8,10-11,13-14,16-18H,1-2,9,12,15H2,(H,29,30)(H,31,32). The maximum Gasteiger partial charge on any atom is 0.303 e. The highest BCUT2D eigenvalue weighted by Gasteiger charge is 2.09. The molecule has 0 aliphatic carbocycles. The average Bonchev–Trinajstić information content (AvgIpc) is 2.79. The summed E-state index contributed by atoms with van der Waals surface area (Å²) in [4.78, 5) is 27.5. The van der Waals surface area contributed by atoms with E-state index in [4.69, 9.17) is 16.7 Å². The van der Waals surface area contributed by atoms with Crippen molar-refractivity contribution in [2.75, 3.05) is 5.32 Å². The maximum atomic E-state index is 12.5. The van der Waals surface area contributed by atoms with Crippen molar-refractivity contribution >= 4 is 34.7 Å². The average molecular weight is 449 g/mol. The summed E-state index contributed by atoms with van der Waals surface area (Å²) in [5, 5.41) is 12.5. The molecule has 3 aromatic rings. The van der Waals surface area contributed by atoms with Gasteiger partial charge >= 0.3 is 5.97 Å². The van der Waals surface area contributed by atoms with Gasteiger partial charge in [0.25, 0.3) is 0 Å². The van der Waals surface area contributed by atoms with E-state index in [0.717, 1.165) is 22.3 Å². The van der Waals surface area contributed by atoms with E-state index in [-0.39, 0.29) is 12.3 Å². The third-order valence-electron chi connectivity index (χ3n) is 4.93. The molecule has 0 radical (unpaired) electrons. The van der Waals surface area contributed by atoms with Crippen LogP contribution in [0.2, 0.25) is 5.02 Å². The van der Waals surface area contributed by atoms with Crippen LogP contribution >= 0.6 is 11.6 Å². The van der Waals surface area contributed by atoms with Crippen LogP contribution in [0, 0.1) is 0 Å². The number of carboxylic acid groups (broad SMARTS) is 1. The fourth-order valence-corrected chi connectivity index (χ4v) is 3.45. The number of rotatable bonds is 10. The fraction of sp³-hybridized carbons (Fsp3) is 0.192.